The van der Waals surface area contributed by atoms with Crippen molar-refractivity contribution in [1.29, 1.82) is 0 Å². The third-order valence-electron chi connectivity index (χ3n) is 2.83. The Morgan fingerprint density at radius 2 is 2.19 bits per heavy atom. The van der Waals surface area contributed by atoms with E-state index in [-0.39, 0.29) is 37.5 Å². The van der Waals surface area contributed by atoms with Crippen molar-refractivity contribution < 1.29 is 13.6 Å². The van der Waals surface area contributed by atoms with E-state index in [0.29, 0.717) is 5.95 Å². The number of carbonyl (C=O) groups excluding carboxylic acids is 1. The number of hydrogen-bond acceptors (Lipinski definition) is 2. The number of aromatic amines is 1. The lowest BCUT2D eigenvalue weighted by Gasteiger charge is -2.26. The van der Waals surface area contributed by atoms with Crippen LogP contribution >= 0.6 is 0 Å². The van der Waals surface area contributed by atoms with Crippen LogP contribution in [0.5, 0.6) is 0 Å². The Bertz CT molecular complexity index is 354. The molecule has 6 heteroatoms. The number of carbonyl (C=O) groups is 1. The van der Waals surface area contributed by atoms with Gasteiger partial charge in [-0.3, -0.25) is 10.1 Å². The fraction of sp³-hybridized carbons (Fsp3) is 0.600. The minimum atomic E-state index is -2.60. The highest BCUT2D eigenvalue weighted by molar-refractivity contribution is 5.90. The number of alkyl halides is 2. The maximum atomic E-state index is 12.9. The van der Waals surface area contributed by atoms with Gasteiger partial charge in [-0.1, -0.05) is 0 Å². The van der Waals surface area contributed by atoms with Crippen molar-refractivity contribution in [2.45, 2.75) is 31.6 Å². The Kier molecular flexibility index (Phi) is 2.89. The van der Waals surface area contributed by atoms with Gasteiger partial charge < -0.3 is 4.98 Å². The maximum Gasteiger partial charge on any atom is 0.248 e. The van der Waals surface area contributed by atoms with Crippen molar-refractivity contribution in [2.24, 2.45) is 5.92 Å². The summed E-state index contributed by atoms with van der Waals surface area (Å²) in [6.45, 7) is 0. The zero-order valence-electron chi connectivity index (χ0n) is 8.67. The average Bonchev–Trinajstić information content (AvgIpc) is 2.70. The molecule has 2 N–H and O–H groups in total. The Hall–Kier alpha value is -1.46. The van der Waals surface area contributed by atoms with E-state index in [4.69, 9.17) is 0 Å². The third-order valence-corrected chi connectivity index (χ3v) is 2.83. The molecule has 1 aliphatic carbocycles. The van der Waals surface area contributed by atoms with Gasteiger partial charge in [0.2, 0.25) is 17.8 Å². The summed E-state index contributed by atoms with van der Waals surface area (Å²) in [5.74, 6) is -2.79. The highest BCUT2D eigenvalue weighted by Gasteiger charge is 2.37. The van der Waals surface area contributed by atoms with Gasteiger partial charge in [0.1, 0.15) is 0 Å². The molecule has 16 heavy (non-hydrogen) atoms. The number of anilines is 1. The van der Waals surface area contributed by atoms with Crippen LogP contribution < -0.4 is 5.32 Å². The molecule has 0 aromatic carbocycles. The van der Waals surface area contributed by atoms with Crippen molar-refractivity contribution in [3.8, 4) is 0 Å². The normalized spacial score (nSPS) is 20.6. The summed E-state index contributed by atoms with van der Waals surface area (Å²) in [5, 5.41) is 2.57. The summed E-state index contributed by atoms with van der Waals surface area (Å²) in [4.78, 5) is 18.2. The molecule has 1 aromatic rings. The van der Waals surface area contributed by atoms with Crippen LogP contribution in [0.15, 0.2) is 12.4 Å². The number of halogens is 2. The molecule has 88 valence electrons. The van der Waals surface area contributed by atoms with E-state index in [0.717, 1.165) is 0 Å². The van der Waals surface area contributed by atoms with Crippen LogP contribution in [0.1, 0.15) is 25.7 Å². The first-order chi connectivity index (χ1) is 7.57. The lowest BCUT2D eigenvalue weighted by Crippen LogP contribution is -2.32. The predicted octanol–water partition coefficient (Wildman–Crippen LogP) is 2.17. The number of imidazole rings is 1. The van der Waals surface area contributed by atoms with Gasteiger partial charge in [-0.2, -0.15) is 0 Å². The number of nitrogens with zero attached hydrogens (tertiary/aromatic N) is 1. The minimum Gasteiger partial charge on any atom is -0.331 e. The molecule has 0 bridgehead atoms. The van der Waals surface area contributed by atoms with E-state index in [2.05, 4.69) is 15.3 Å². The Balaban J connectivity index is 1.87. The van der Waals surface area contributed by atoms with Crippen molar-refractivity contribution in [3.63, 3.8) is 0 Å². The number of aromatic nitrogens is 2. The number of nitrogens with one attached hydrogen (secondary N) is 2. The molecular weight excluding hydrogens is 216 g/mol. The molecule has 1 fully saturated rings. The molecule has 0 radical (unpaired) electrons. The van der Waals surface area contributed by atoms with E-state index in [1.807, 2.05) is 0 Å². The summed E-state index contributed by atoms with van der Waals surface area (Å²) < 4.78 is 25.7. The van der Waals surface area contributed by atoms with Gasteiger partial charge in [-0.05, 0) is 12.8 Å². The van der Waals surface area contributed by atoms with E-state index in [9.17, 15) is 13.6 Å². The van der Waals surface area contributed by atoms with Gasteiger partial charge in [0.05, 0.1) is 0 Å². The first-order valence-corrected chi connectivity index (χ1v) is 5.25. The maximum absolute atomic E-state index is 12.9. The molecule has 1 heterocycles. The molecule has 1 amide bonds. The highest BCUT2D eigenvalue weighted by atomic mass is 19.3. The molecule has 1 aromatic heterocycles. The molecule has 0 unspecified atom stereocenters. The first-order valence-electron chi connectivity index (χ1n) is 5.25. The molecule has 0 spiro atoms. The van der Waals surface area contributed by atoms with Crippen molar-refractivity contribution in [2.75, 3.05) is 5.32 Å². The van der Waals surface area contributed by atoms with Crippen molar-refractivity contribution >= 4 is 11.9 Å². The third kappa shape index (κ3) is 2.56. The molecule has 4 nitrogen and oxygen atoms in total. The molecule has 2 rings (SSSR count). The highest BCUT2D eigenvalue weighted by Crippen LogP contribution is 2.36. The van der Waals surface area contributed by atoms with Crippen LogP contribution in [-0.2, 0) is 4.79 Å². The number of rotatable bonds is 2. The summed E-state index contributed by atoms with van der Waals surface area (Å²) >= 11 is 0. The second kappa shape index (κ2) is 4.19. The second-order valence-electron chi connectivity index (χ2n) is 4.06. The lowest BCUT2D eigenvalue weighted by molar-refractivity contribution is -0.124. The van der Waals surface area contributed by atoms with Crippen LogP contribution in [0.2, 0.25) is 0 Å². The molecule has 0 atom stereocenters. The Morgan fingerprint density at radius 3 is 2.75 bits per heavy atom. The Morgan fingerprint density at radius 1 is 1.50 bits per heavy atom. The number of hydrogen-bond donors (Lipinski definition) is 2. The average molecular weight is 229 g/mol. The van der Waals surface area contributed by atoms with E-state index < -0.39 is 5.92 Å². The summed E-state index contributed by atoms with van der Waals surface area (Å²) in [7, 11) is 0. The standard InChI is InChI=1S/C10H13F2N3O/c11-10(12)3-1-7(2-4-10)8(16)15-9-13-5-6-14-9/h5-7H,1-4H2,(H2,13,14,15,16). The van der Waals surface area contributed by atoms with Gasteiger partial charge >= 0.3 is 0 Å². The SMILES string of the molecule is O=C(Nc1ncc[nH]1)C1CCC(F)(F)CC1. The topological polar surface area (TPSA) is 57.8 Å². The fourth-order valence-electron chi connectivity index (χ4n) is 1.85. The zero-order valence-corrected chi connectivity index (χ0v) is 8.67. The van der Waals surface area contributed by atoms with Crippen LogP contribution in [0, 0.1) is 5.92 Å². The van der Waals surface area contributed by atoms with Crippen LogP contribution in [0.4, 0.5) is 14.7 Å². The predicted molar refractivity (Wildman–Crippen MR) is 54.1 cm³/mol. The summed E-state index contributed by atoms with van der Waals surface area (Å²) in [6.07, 6.45) is 3.17. The monoisotopic (exact) mass is 229 g/mol. The van der Waals surface area contributed by atoms with Crippen molar-refractivity contribution in [3.05, 3.63) is 12.4 Å². The molecular formula is C10H13F2N3O. The molecule has 0 aliphatic heterocycles. The number of amides is 1. The molecule has 1 saturated carbocycles. The smallest absolute Gasteiger partial charge is 0.248 e. The van der Waals surface area contributed by atoms with Crippen LogP contribution in [-0.4, -0.2) is 21.8 Å². The minimum absolute atomic E-state index is 0.205. The van der Waals surface area contributed by atoms with Gasteiger partial charge in [-0.15, -0.1) is 0 Å². The first kappa shape index (κ1) is 11.0. The van der Waals surface area contributed by atoms with Gasteiger partial charge in [0.25, 0.3) is 0 Å². The van der Waals surface area contributed by atoms with Crippen LogP contribution in [0.3, 0.4) is 0 Å². The van der Waals surface area contributed by atoms with Gasteiger partial charge in [-0.25, -0.2) is 13.8 Å². The fourth-order valence-corrected chi connectivity index (χ4v) is 1.85. The summed E-state index contributed by atoms with van der Waals surface area (Å²) in [5.41, 5.74) is 0. The van der Waals surface area contributed by atoms with Gasteiger partial charge in [0, 0.05) is 31.2 Å². The molecule has 0 saturated heterocycles. The van der Waals surface area contributed by atoms with E-state index >= 15 is 0 Å². The zero-order chi connectivity index (χ0) is 11.6. The Labute approximate surface area is 91.5 Å². The summed E-state index contributed by atoms with van der Waals surface area (Å²) in [6, 6.07) is 0. The van der Waals surface area contributed by atoms with Gasteiger partial charge in [0.15, 0.2) is 0 Å². The van der Waals surface area contributed by atoms with E-state index in [1.54, 1.807) is 6.20 Å². The quantitative estimate of drug-likeness (QED) is 0.816. The van der Waals surface area contributed by atoms with Crippen LogP contribution in [0.25, 0.3) is 0 Å². The second-order valence-corrected chi connectivity index (χ2v) is 4.06. The van der Waals surface area contributed by atoms with Crippen molar-refractivity contribution in [1.82, 2.24) is 9.97 Å². The lowest BCUT2D eigenvalue weighted by atomic mass is 9.86. The largest absolute Gasteiger partial charge is 0.331 e. The van der Waals surface area contributed by atoms with E-state index in [1.165, 1.54) is 6.20 Å². The number of H-pyrrole nitrogens is 1. The molecule has 1 aliphatic rings.